The molecule has 0 spiro atoms. The average Bonchev–Trinajstić information content (AvgIpc) is 2.37. The van der Waals surface area contributed by atoms with Crippen LogP contribution in [0.25, 0.3) is 0 Å². The van der Waals surface area contributed by atoms with Gasteiger partial charge >= 0.3 is 0 Å². The van der Waals surface area contributed by atoms with E-state index in [1.165, 1.54) is 31.4 Å². The van der Waals surface area contributed by atoms with Gasteiger partial charge in [0.1, 0.15) is 11.5 Å². The predicted molar refractivity (Wildman–Crippen MR) is 72.6 cm³/mol. The summed E-state index contributed by atoms with van der Waals surface area (Å²) in [6, 6.07) is 2.74. The highest BCUT2D eigenvalue weighted by molar-refractivity contribution is 5.94. The topological polar surface area (TPSA) is 33.2 Å². The van der Waals surface area contributed by atoms with Crippen LogP contribution in [0.15, 0.2) is 18.3 Å². The number of carbonyl (C=O) groups is 1. The molecule has 0 aromatic carbocycles. The fourth-order valence-corrected chi connectivity index (χ4v) is 2.35. The molecule has 19 heavy (non-hydrogen) atoms. The Morgan fingerprint density at radius 3 is 2.79 bits per heavy atom. The molecular formula is C15H21FN2O. The number of hydrogen-bond acceptors (Lipinski definition) is 3. The SMILES string of the molecule is CCN(CCC(=O)c1ccc(F)cn1)CC1CCC1. The maximum atomic E-state index is 12.7. The average molecular weight is 264 g/mol. The Morgan fingerprint density at radius 2 is 2.26 bits per heavy atom. The summed E-state index contributed by atoms with van der Waals surface area (Å²) in [6.07, 6.45) is 5.55. The highest BCUT2D eigenvalue weighted by atomic mass is 19.1. The maximum absolute atomic E-state index is 12.7. The first kappa shape index (κ1) is 14.1. The van der Waals surface area contributed by atoms with Crippen LogP contribution in [-0.4, -0.2) is 35.3 Å². The molecule has 1 aliphatic rings. The van der Waals surface area contributed by atoms with Crippen LogP contribution in [0.4, 0.5) is 4.39 Å². The van der Waals surface area contributed by atoms with E-state index in [2.05, 4.69) is 16.8 Å². The van der Waals surface area contributed by atoms with Crippen molar-refractivity contribution >= 4 is 5.78 Å². The minimum absolute atomic E-state index is 0.00735. The Morgan fingerprint density at radius 1 is 1.47 bits per heavy atom. The molecular weight excluding hydrogens is 243 g/mol. The molecule has 1 aromatic heterocycles. The largest absolute Gasteiger partial charge is 0.303 e. The van der Waals surface area contributed by atoms with E-state index in [4.69, 9.17) is 0 Å². The van der Waals surface area contributed by atoms with Gasteiger partial charge in [-0.2, -0.15) is 0 Å². The molecule has 0 bridgehead atoms. The highest BCUT2D eigenvalue weighted by Crippen LogP contribution is 2.27. The first-order valence-electron chi connectivity index (χ1n) is 7.06. The summed E-state index contributed by atoms with van der Waals surface area (Å²) >= 11 is 0. The number of pyridine rings is 1. The van der Waals surface area contributed by atoms with Crippen LogP contribution in [0.3, 0.4) is 0 Å². The zero-order valence-corrected chi connectivity index (χ0v) is 11.4. The quantitative estimate of drug-likeness (QED) is 0.710. The van der Waals surface area contributed by atoms with Crippen molar-refractivity contribution in [2.45, 2.75) is 32.6 Å². The summed E-state index contributed by atoms with van der Waals surface area (Å²) in [5.41, 5.74) is 0.362. The van der Waals surface area contributed by atoms with Crippen LogP contribution in [0, 0.1) is 11.7 Å². The molecule has 0 saturated heterocycles. The molecule has 104 valence electrons. The molecule has 0 aliphatic heterocycles. The van der Waals surface area contributed by atoms with Gasteiger partial charge in [0.25, 0.3) is 0 Å². The fourth-order valence-electron chi connectivity index (χ4n) is 2.35. The standard InChI is InChI=1S/C15H21FN2O/c1-2-18(11-12-4-3-5-12)9-8-15(19)14-7-6-13(16)10-17-14/h6-7,10,12H,2-5,8-9,11H2,1H3. The third kappa shape index (κ3) is 4.10. The smallest absolute Gasteiger partial charge is 0.182 e. The van der Waals surface area contributed by atoms with Gasteiger partial charge in [-0.25, -0.2) is 4.39 Å². The van der Waals surface area contributed by atoms with E-state index in [1.54, 1.807) is 0 Å². The van der Waals surface area contributed by atoms with Gasteiger partial charge in [0.15, 0.2) is 5.78 Å². The lowest BCUT2D eigenvalue weighted by atomic mass is 9.85. The first-order valence-corrected chi connectivity index (χ1v) is 7.06. The Balaban J connectivity index is 1.79. The van der Waals surface area contributed by atoms with Crippen molar-refractivity contribution in [2.75, 3.05) is 19.6 Å². The second kappa shape index (κ2) is 6.75. The zero-order valence-electron chi connectivity index (χ0n) is 11.4. The van der Waals surface area contributed by atoms with E-state index in [0.29, 0.717) is 12.1 Å². The summed E-state index contributed by atoms with van der Waals surface area (Å²) < 4.78 is 12.7. The normalized spacial score (nSPS) is 15.5. The predicted octanol–water partition coefficient (Wildman–Crippen LogP) is 2.92. The summed E-state index contributed by atoms with van der Waals surface area (Å²) in [7, 11) is 0. The maximum Gasteiger partial charge on any atom is 0.182 e. The van der Waals surface area contributed by atoms with Crippen LogP contribution in [0.1, 0.15) is 43.1 Å². The number of rotatable bonds is 7. The summed E-state index contributed by atoms with van der Waals surface area (Å²) in [6.45, 7) is 4.96. The van der Waals surface area contributed by atoms with Gasteiger partial charge in [0.2, 0.25) is 0 Å². The van der Waals surface area contributed by atoms with Crippen molar-refractivity contribution in [1.82, 2.24) is 9.88 Å². The first-order chi connectivity index (χ1) is 9.19. The molecule has 0 unspecified atom stereocenters. The van der Waals surface area contributed by atoms with E-state index in [9.17, 15) is 9.18 Å². The molecule has 0 atom stereocenters. The minimum Gasteiger partial charge on any atom is -0.303 e. The second-order valence-corrected chi connectivity index (χ2v) is 5.22. The number of nitrogens with zero attached hydrogens (tertiary/aromatic N) is 2. The third-order valence-electron chi connectivity index (χ3n) is 3.86. The molecule has 1 aromatic rings. The number of Topliss-reactive ketones (excluding diaryl/α,β-unsaturated/α-hetero) is 1. The summed E-state index contributed by atoms with van der Waals surface area (Å²) in [5, 5.41) is 0. The molecule has 1 aliphatic carbocycles. The molecule has 0 amide bonds. The van der Waals surface area contributed by atoms with Crippen LogP contribution < -0.4 is 0 Å². The molecule has 3 nitrogen and oxygen atoms in total. The van der Waals surface area contributed by atoms with E-state index in [-0.39, 0.29) is 5.78 Å². The lowest BCUT2D eigenvalue weighted by Gasteiger charge is -2.31. The van der Waals surface area contributed by atoms with Crippen molar-refractivity contribution in [2.24, 2.45) is 5.92 Å². The molecule has 2 rings (SSSR count). The number of halogens is 1. The van der Waals surface area contributed by atoms with Crippen molar-refractivity contribution in [3.05, 3.63) is 29.8 Å². The fraction of sp³-hybridized carbons (Fsp3) is 0.600. The Bertz CT molecular complexity index is 415. The molecule has 1 saturated carbocycles. The molecule has 0 N–H and O–H groups in total. The van der Waals surface area contributed by atoms with E-state index in [0.717, 1.165) is 31.7 Å². The second-order valence-electron chi connectivity index (χ2n) is 5.22. The Kier molecular flexibility index (Phi) is 5.02. The van der Waals surface area contributed by atoms with E-state index < -0.39 is 5.82 Å². The van der Waals surface area contributed by atoms with Gasteiger partial charge in [-0.15, -0.1) is 0 Å². The number of hydrogen-bond donors (Lipinski definition) is 0. The van der Waals surface area contributed by atoms with Crippen molar-refractivity contribution in [3.8, 4) is 0 Å². The van der Waals surface area contributed by atoms with Crippen LogP contribution in [-0.2, 0) is 0 Å². The van der Waals surface area contributed by atoms with Gasteiger partial charge < -0.3 is 4.90 Å². The van der Waals surface area contributed by atoms with Crippen LogP contribution in [0.5, 0.6) is 0 Å². The summed E-state index contributed by atoms with van der Waals surface area (Å²) in [4.78, 5) is 18.1. The highest BCUT2D eigenvalue weighted by Gasteiger charge is 2.20. The van der Waals surface area contributed by atoms with Crippen molar-refractivity contribution in [1.29, 1.82) is 0 Å². The number of ketones is 1. The lowest BCUT2D eigenvalue weighted by Crippen LogP contribution is -2.34. The van der Waals surface area contributed by atoms with Gasteiger partial charge in [-0.1, -0.05) is 13.3 Å². The van der Waals surface area contributed by atoms with E-state index >= 15 is 0 Å². The van der Waals surface area contributed by atoms with Gasteiger partial charge in [-0.3, -0.25) is 9.78 Å². The Labute approximate surface area is 113 Å². The zero-order chi connectivity index (χ0) is 13.7. The van der Waals surface area contributed by atoms with Crippen molar-refractivity contribution < 1.29 is 9.18 Å². The van der Waals surface area contributed by atoms with Crippen LogP contribution in [0.2, 0.25) is 0 Å². The molecule has 4 heteroatoms. The van der Waals surface area contributed by atoms with Crippen molar-refractivity contribution in [3.63, 3.8) is 0 Å². The van der Waals surface area contributed by atoms with Gasteiger partial charge in [-0.05, 0) is 37.4 Å². The molecule has 1 heterocycles. The van der Waals surface area contributed by atoms with E-state index in [1.807, 2.05) is 0 Å². The van der Waals surface area contributed by atoms with Gasteiger partial charge in [0.05, 0.1) is 6.20 Å². The molecule has 1 fully saturated rings. The Hall–Kier alpha value is -1.29. The number of carbonyl (C=O) groups excluding carboxylic acids is 1. The summed E-state index contributed by atoms with van der Waals surface area (Å²) in [5.74, 6) is 0.405. The monoisotopic (exact) mass is 264 g/mol. The number of aromatic nitrogens is 1. The lowest BCUT2D eigenvalue weighted by molar-refractivity contribution is 0.0949. The molecule has 0 radical (unpaired) electrons. The third-order valence-corrected chi connectivity index (χ3v) is 3.86. The van der Waals surface area contributed by atoms with Gasteiger partial charge in [0, 0.05) is 19.5 Å². The van der Waals surface area contributed by atoms with Crippen LogP contribution >= 0.6 is 0 Å². The minimum atomic E-state index is -0.406.